The highest BCUT2D eigenvalue weighted by Gasteiger charge is 2.40. The minimum Gasteiger partial charge on any atom is -0.378 e. The van der Waals surface area contributed by atoms with Crippen molar-refractivity contribution in [1.29, 1.82) is 0 Å². The summed E-state index contributed by atoms with van der Waals surface area (Å²) in [5, 5.41) is 12.3. The standard InChI is InChI=1S/C24H26F3N5O2/c1-14(17-4-3-5-18(20(17)25)22(26)27)29-23-19-10-16(11-28-21(19)15(2)30-31-23)32-7-9-34-24(12-32)6-8-33-13-24/h3-5,10-11,14,22H,6-9,12-13H2,1-2H3,(H,29,31)/t14-,24?/m1/s1. The van der Waals surface area contributed by atoms with Crippen LogP contribution in [-0.2, 0) is 9.47 Å². The highest BCUT2D eigenvalue weighted by Crippen LogP contribution is 2.34. The van der Waals surface area contributed by atoms with E-state index in [1.54, 1.807) is 6.92 Å². The SMILES string of the molecule is Cc1nnc(N[C@H](C)c2cccc(C(F)F)c2F)c2cc(N3CCOC4(CCOC4)C3)cnc12. The quantitative estimate of drug-likeness (QED) is 0.582. The largest absolute Gasteiger partial charge is 0.378 e. The number of hydrogen-bond acceptors (Lipinski definition) is 7. The zero-order valence-corrected chi connectivity index (χ0v) is 19.0. The van der Waals surface area contributed by atoms with Crippen molar-refractivity contribution >= 4 is 22.4 Å². The van der Waals surface area contributed by atoms with E-state index >= 15 is 0 Å². The van der Waals surface area contributed by atoms with Crippen LogP contribution in [0.4, 0.5) is 24.7 Å². The van der Waals surface area contributed by atoms with E-state index in [9.17, 15) is 13.2 Å². The van der Waals surface area contributed by atoms with E-state index in [2.05, 4.69) is 25.4 Å². The molecule has 3 aromatic rings. The van der Waals surface area contributed by atoms with Crippen molar-refractivity contribution in [2.24, 2.45) is 0 Å². The van der Waals surface area contributed by atoms with Gasteiger partial charge in [0, 0.05) is 37.1 Å². The van der Waals surface area contributed by atoms with Crippen molar-refractivity contribution in [1.82, 2.24) is 15.2 Å². The molecule has 180 valence electrons. The first-order chi connectivity index (χ1) is 16.4. The number of nitrogens with one attached hydrogen (secondary N) is 1. The molecule has 0 bridgehead atoms. The molecule has 1 spiro atoms. The second-order valence-corrected chi connectivity index (χ2v) is 8.90. The molecule has 7 nitrogen and oxygen atoms in total. The molecule has 2 aliphatic heterocycles. The van der Waals surface area contributed by atoms with Crippen molar-refractivity contribution in [3.63, 3.8) is 0 Å². The van der Waals surface area contributed by atoms with Gasteiger partial charge in [0.2, 0.25) is 0 Å². The molecule has 5 rings (SSSR count). The van der Waals surface area contributed by atoms with Crippen LogP contribution in [0.3, 0.4) is 0 Å². The van der Waals surface area contributed by atoms with Crippen LogP contribution in [-0.4, -0.2) is 53.7 Å². The number of alkyl halides is 2. The van der Waals surface area contributed by atoms with Crippen molar-refractivity contribution in [2.45, 2.75) is 38.3 Å². The van der Waals surface area contributed by atoms with E-state index in [0.717, 1.165) is 30.1 Å². The van der Waals surface area contributed by atoms with Gasteiger partial charge in [-0.05, 0) is 19.9 Å². The predicted molar refractivity (Wildman–Crippen MR) is 122 cm³/mol. The molecule has 0 aliphatic carbocycles. The molecule has 34 heavy (non-hydrogen) atoms. The molecule has 1 aromatic carbocycles. The summed E-state index contributed by atoms with van der Waals surface area (Å²) in [5.41, 5.74) is 1.45. The minimum atomic E-state index is -2.89. The van der Waals surface area contributed by atoms with Crippen molar-refractivity contribution in [3.05, 3.63) is 53.1 Å². The third kappa shape index (κ3) is 4.16. The van der Waals surface area contributed by atoms with Gasteiger partial charge in [-0.2, -0.15) is 5.10 Å². The van der Waals surface area contributed by atoms with Crippen LogP contribution in [0.25, 0.3) is 10.9 Å². The number of aryl methyl sites for hydroxylation is 1. The monoisotopic (exact) mass is 473 g/mol. The molecule has 2 fully saturated rings. The molecular formula is C24H26F3N5O2. The second kappa shape index (κ2) is 8.99. The van der Waals surface area contributed by atoms with Gasteiger partial charge >= 0.3 is 0 Å². The van der Waals surface area contributed by atoms with Gasteiger partial charge in [0.15, 0.2) is 5.82 Å². The van der Waals surface area contributed by atoms with Crippen LogP contribution in [0.2, 0.25) is 0 Å². The van der Waals surface area contributed by atoms with E-state index in [0.29, 0.717) is 43.4 Å². The minimum absolute atomic E-state index is 0.133. The van der Waals surface area contributed by atoms with E-state index < -0.39 is 23.8 Å². The summed E-state index contributed by atoms with van der Waals surface area (Å²) >= 11 is 0. The van der Waals surface area contributed by atoms with Crippen LogP contribution < -0.4 is 10.2 Å². The number of ether oxygens (including phenoxy) is 2. The molecule has 1 unspecified atom stereocenters. The Morgan fingerprint density at radius 1 is 1.18 bits per heavy atom. The third-order valence-electron chi connectivity index (χ3n) is 6.57. The maximum absolute atomic E-state index is 14.7. The van der Waals surface area contributed by atoms with E-state index in [1.807, 2.05) is 19.2 Å². The molecule has 0 radical (unpaired) electrons. The number of hydrogen-bond donors (Lipinski definition) is 1. The Balaban J connectivity index is 1.47. The number of pyridine rings is 1. The van der Waals surface area contributed by atoms with Crippen LogP contribution in [0.1, 0.15) is 42.6 Å². The smallest absolute Gasteiger partial charge is 0.266 e. The van der Waals surface area contributed by atoms with Crippen LogP contribution in [0.5, 0.6) is 0 Å². The maximum atomic E-state index is 14.7. The molecular weight excluding hydrogens is 447 g/mol. The molecule has 1 N–H and O–H groups in total. The zero-order chi connectivity index (χ0) is 23.9. The molecule has 10 heteroatoms. The van der Waals surface area contributed by atoms with Crippen molar-refractivity contribution < 1.29 is 22.6 Å². The Morgan fingerprint density at radius 3 is 2.76 bits per heavy atom. The Bertz CT molecular complexity index is 1200. The summed E-state index contributed by atoms with van der Waals surface area (Å²) in [7, 11) is 0. The Labute approximate surface area is 195 Å². The topological polar surface area (TPSA) is 72.4 Å². The van der Waals surface area contributed by atoms with Gasteiger partial charge in [-0.3, -0.25) is 4.98 Å². The molecule has 0 saturated carbocycles. The van der Waals surface area contributed by atoms with Gasteiger partial charge in [-0.15, -0.1) is 5.10 Å². The van der Waals surface area contributed by atoms with Crippen molar-refractivity contribution in [2.75, 3.05) is 43.1 Å². The van der Waals surface area contributed by atoms with E-state index in [4.69, 9.17) is 9.47 Å². The summed E-state index contributed by atoms with van der Waals surface area (Å²) in [6, 6.07) is 5.38. The number of morpholine rings is 1. The van der Waals surface area contributed by atoms with Crippen molar-refractivity contribution in [3.8, 4) is 0 Å². The lowest BCUT2D eigenvalue weighted by molar-refractivity contribution is -0.0579. The maximum Gasteiger partial charge on any atom is 0.266 e. The summed E-state index contributed by atoms with van der Waals surface area (Å²) in [4.78, 5) is 6.86. The number of benzene rings is 1. The lowest BCUT2D eigenvalue weighted by Gasteiger charge is -2.40. The number of aromatic nitrogens is 3. The average molecular weight is 473 g/mol. The lowest BCUT2D eigenvalue weighted by atomic mass is 10.0. The second-order valence-electron chi connectivity index (χ2n) is 8.90. The number of fused-ring (bicyclic) bond motifs is 1. The normalized spacial score (nSPS) is 21.5. The van der Waals surface area contributed by atoms with E-state index in [1.165, 1.54) is 12.1 Å². The zero-order valence-electron chi connectivity index (χ0n) is 19.0. The summed E-state index contributed by atoms with van der Waals surface area (Å²) in [6.07, 6.45) is -0.228. The van der Waals surface area contributed by atoms with Crippen LogP contribution in [0, 0.1) is 12.7 Å². The van der Waals surface area contributed by atoms with Gasteiger partial charge in [-0.25, -0.2) is 13.2 Å². The highest BCUT2D eigenvalue weighted by atomic mass is 19.3. The van der Waals surface area contributed by atoms with Crippen LogP contribution >= 0.6 is 0 Å². The number of rotatable bonds is 5. The molecule has 2 aliphatic rings. The Morgan fingerprint density at radius 2 is 2.00 bits per heavy atom. The first kappa shape index (κ1) is 22.8. The summed E-state index contributed by atoms with van der Waals surface area (Å²) < 4.78 is 52.7. The van der Waals surface area contributed by atoms with Crippen LogP contribution in [0.15, 0.2) is 30.5 Å². The fraction of sp³-hybridized carbons (Fsp3) is 0.458. The molecule has 2 atom stereocenters. The number of nitrogens with zero attached hydrogens (tertiary/aromatic N) is 4. The summed E-state index contributed by atoms with van der Waals surface area (Å²) in [6.45, 7) is 6.79. The Kier molecular flexibility index (Phi) is 6.03. The van der Waals surface area contributed by atoms with Gasteiger partial charge < -0.3 is 19.7 Å². The first-order valence-corrected chi connectivity index (χ1v) is 11.3. The first-order valence-electron chi connectivity index (χ1n) is 11.3. The number of anilines is 2. The van der Waals surface area contributed by atoms with Gasteiger partial charge in [-0.1, -0.05) is 18.2 Å². The Hall–Kier alpha value is -2.98. The van der Waals surface area contributed by atoms with E-state index in [-0.39, 0.29) is 11.2 Å². The summed E-state index contributed by atoms with van der Waals surface area (Å²) in [5.74, 6) is -0.505. The molecule has 2 saturated heterocycles. The number of halogens is 3. The average Bonchev–Trinajstić information content (AvgIpc) is 3.27. The lowest BCUT2D eigenvalue weighted by Crippen LogP contribution is -2.52. The van der Waals surface area contributed by atoms with Gasteiger partial charge in [0.1, 0.15) is 11.4 Å². The highest BCUT2D eigenvalue weighted by molar-refractivity contribution is 5.92. The van der Waals surface area contributed by atoms with Gasteiger partial charge in [0.05, 0.1) is 47.9 Å². The van der Waals surface area contributed by atoms with Gasteiger partial charge in [0.25, 0.3) is 6.43 Å². The molecule has 0 amide bonds. The third-order valence-corrected chi connectivity index (χ3v) is 6.57. The predicted octanol–water partition coefficient (Wildman–Crippen LogP) is 4.58. The fourth-order valence-electron chi connectivity index (χ4n) is 4.67. The molecule has 2 aromatic heterocycles. The fourth-order valence-corrected chi connectivity index (χ4v) is 4.67. The molecule has 4 heterocycles.